The summed E-state index contributed by atoms with van der Waals surface area (Å²) in [5, 5.41) is 5.47. The van der Waals surface area contributed by atoms with Gasteiger partial charge in [-0.05, 0) is 36.6 Å². The minimum Gasteiger partial charge on any atom is -0.497 e. The number of hydrogen-bond donors (Lipinski definition) is 3. The third kappa shape index (κ3) is 5.96. The number of ether oxygens (including phenoxy) is 2. The summed E-state index contributed by atoms with van der Waals surface area (Å²) >= 11 is 0. The van der Waals surface area contributed by atoms with Crippen molar-refractivity contribution in [2.75, 3.05) is 31.4 Å². The molecule has 0 fully saturated rings. The largest absolute Gasteiger partial charge is 0.497 e. The standard InChI is InChI=1S/C21H25N3O6S/c1-29-16-11-15(12-17(13-16)30-2)23-21(26)8-9-22-31(27,28)18-6-7-19-14(10-18)4-3-5-20(25)24-19/h6-7,10-13,22H,3-5,8-9H2,1-2H3,(H,23,26)(H,24,25). The van der Waals surface area contributed by atoms with Gasteiger partial charge in [0, 0.05) is 49.0 Å². The van der Waals surface area contributed by atoms with Crippen LogP contribution in [0.1, 0.15) is 24.8 Å². The molecule has 166 valence electrons. The van der Waals surface area contributed by atoms with Crippen molar-refractivity contribution in [1.82, 2.24) is 4.72 Å². The number of methoxy groups -OCH3 is 2. The van der Waals surface area contributed by atoms with Gasteiger partial charge in [0.2, 0.25) is 21.8 Å². The Morgan fingerprint density at radius 2 is 1.77 bits per heavy atom. The lowest BCUT2D eigenvalue weighted by Gasteiger charge is -2.12. The topological polar surface area (TPSA) is 123 Å². The summed E-state index contributed by atoms with van der Waals surface area (Å²) in [6.07, 6.45) is 1.62. The van der Waals surface area contributed by atoms with E-state index in [0.717, 1.165) is 5.56 Å². The molecule has 0 radical (unpaired) electrons. The molecule has 1 aliphatic heterocycles. The highest BCUT2D eigenvalue weighted by atomic mass is 32.2. The van der Waals surface area contributed by atoms with Crippen LogP contribution in [-0.2, 0) is 26.0 Å². The molecule has 2 aromatic rings. The van der Waals surface area contributed by atoms with Crippen LogP contribution < -0.4 is 24.8 Å². The van der Waals surface area contributed by atoms with Crippen LogP contribution in [0, 0.1) is 0 Å². The van der Waals surface area contributed by atoms with Crippen molar-refractivity contribution in [2.45, 2.75) is 30.6 Å². The number of anilines is 2. The smallest absolute Gasteiger partial charge is 0.240 e. The van der Waals surface area contributed by atoms with Crippen molar-refractivity contribution in [3.05, 3.63) is 42.0 Å². The van der Waals surface area contributed by atoms with Crippen LogP contribution >= 0.6 is 0 Å². The van der Waals surface area contributed by atoms with Gasteiger partial charge >= 0.3 is 0 Å². The molecule has 3 N–H and O–H groups in total. The second-order valence-corrected chi connectivity index (χ2v) is 8.78. The lowest BCUT2D eigenvalue weighted by molar-refractivity contribution is -0.116. The van der Waals surface area contributed by atoms with Crippen molar-refractivity contribution >= 4 is 33.2 Å². The lowest BCUT2D eigenvalue weighted by Crippen LogP contribution is -2.28. The summed E-state index contributed by atoms with van der Waals surface area (Å²) in [6, 6.07) is 9.55. The van der Waals surface area contributed by atoms with E-state index < -0.39 is 10.0 Å². The van der Waals surface area contributed by atoms with E-state index in [2.05, 4.69) is 15.4 Å². The first-order valence-corrected chi connectivity index (χ1v) is 11.2. The molecule has 0 atom stereocenters. The summed E-state index contributed by atoms with van der Waals surface area (Å²) in [5.74, 6) is 0.610. The van der Waals surface area contributed by atoms with E-state index in [1.807, 2.05) is 0 Å². The summed E-state index contributed by atoms with van der Waals surface area (Å²) in [5.41, 5.74) is 1.89. The number of sulfonamides is 1. The SMILES string of the molecule is COc1cc(NC(=O)CCNS(=O)(=O)c2ccc3c(c2)CCCC(=O)N3)cc(OC)c1. The highest BCUT2D eigenvalue weighted by Gasteiger charge is 2.19. The van der Waals surface area contributed by atoms with Gasteiger partial charge in [0.25, 0.3) is 0 Å². The maximum atomic E-state index is 12.6. The van der Waals surface area contributed by atoms with Crippen molar-refractivity contribution in [2.24, 2.45) is 0 Å². The number of hydrogen-bond acceptors (Lipinski definition) is 6. The normalized spacial score (nSPS) is 13.5. The predicted octanol–water partition coefficient (Wildman–Crippen LogP) is 2.29. The summed E-state index contributed by atoms with van der Waals surface area (Å²) in [6.45, 7) is -0.0664. The average molecular weight is 448 g/mol. The second kappa shape index (κ2) is 9.80. The van der Waals surface area contributed by atoms with E-state index in [-0.39, 0.29) is 29.7 Å². The van der Waals surface area contributed by atoms with E-state index in [1.54, 1.807) is 30.3 Å². The molecule has 31 heavy (non-hydrogen) atoms. The first-order chi connectivity index (χ1) is 14.8. The van der Waals surface area contributed by atoms with E-state index in [4.69, 9.17) is 9.47 Å². The van der Waals surface area contributed by atoms with Crippen molar-refractivity contribution in [1.29, 1.82) is 0 Å². The Balaban J connectivity index is 1.59. The maximum Gasteiger partial charge on any atom is 0.240 e. The van der Waals surface area contributed by atoms with E-state index in [9.17, 15) is 18.0 Å². The Morgan fingerprint density at radius 3 is 2.45 bits per heavy atom. The zero-order valence-corrected chi connectivity index (χ0v) is 18.2. The van der Waals surface area contributed by atoms with E-state index in [0.29, 0.717) is 42.1 Å². The number of rotatable bonds is 8. The van der Waals surface area contributed by atoms with Crippen molar-refractivity contribution in [3.8, 4) is 11.5 Å². The monoisotopic (exact) mass is 447 g/mol. The van der Waals surface area contributed by atoms with Gasteiger partial charge in [-0.3, -0.25) is 9.59 Å². The zero-order chi connectivity index (χ0) is 22.4. The molecular weight excluding hydrogens is 422 g/mol. The number of amides is 2. The molecule has 0 aromatic heterocycles. The molecule has 0 saturated carbocycles. The second-order valence-electron chi connectivity index (χ2n) is 7.02. The van der Waals surface area contributed by atoms with E-state index in [1.165, 1.54) is 20.3 Å². The van der Waals surface area contributed by atoms with Gasteiger partial charge in [-0.15, -0.1) is 0 Å². The number of carbonyl (C=O) groups excluding carboxylic acids is 2. The molecular formula is C21H25N3O6S. The lowest BCUT2D eigenvalue weighted by atomic mass is 10.1. The fourth-order valence-electron chi connectivity index (χ4n) is 3.20. The van der Waals surface area contributed by atoms with E-state index >= 15 is 0 Å². The Bertz CT molecular complexity index is 1060. The highest BCUT2D eigenvalue weighted by molar-refractivity contribution is 7.89. The van der Waals surface area contributed by atoms with Crippen LogP contribution in [-0.4, -0.2) is 41.0 Å². The number of fused-ring (bicyclic) bond motifs is 1. The van der Waals surface area contributed by atoms with Gasteiger partial charge in [0.15, 0.2) is 0 Å². The first kappa shape index (κ1) is 22.6. The van der Waals surface area contributed by atoms with Gasteiger partial charge in [-0.2, -0.15) is 0 Å². The van der Waals surface area contributed by atoms with Crippen molar-refractivity contribution < 1.29 is 27.5 Å². The van der Waals surface area contributed by atoms with Gasteiger partial charge < -0.3 is 20.1 Å². The molecule has 0 spiro atoms. The van der Waals surface area contributed by atoms with Gasteiger partial charge in [-0.25, -0.2) is 13.1 Å². The number of aryl methyl sites for hydroxylation is 1. The van der Waals surface area contributed by atoms with Gasteiger partial charge in [0.05, 0.1) is 19.1 Å². The minimum absolute atomic E-state index is 0.0558. The molecule has 0 saturated heterocycles. The summed E-state index contributed by atoms with van der Waals surface area (Å²) in [7, 11) is -0.781. The molecule has 1 heterocycles. The third-order valence-electron chi connectivity index (χ3n) is 4.79. The average Bonchev–Trinajstić information content (AvgIpc) is 2.93. The van der Waals surface area contributed by atoms with Gasteiger partial charge in [-0.1, -0.05) is 0 Å². The Hall–Kier alpha value is -3.11. The number of carbonyl (C=O) groups is 2. The molecule has 3 rings (SSSR count). The van der Waals surface area contributed by atoms with Crippen LogP contribution in [0.4, 0.5) is 11.4 Å². The zero-order valence-electron chi connectivity index (χ0n) is 17.4. The number of nitrogens with one attached hydrogen (secondary N) is 3. The van der Waals surface area contributed by atoms with Crippen LogP contribution in [0.5, 0.6) is 11.5 Å². The fraction of sp³-hybridized carbons (Fsp3) is 0.333. The minimum atomic E-state index is -3.79. The maximum absolute atomic E-state index is 12.6. The van der Waals surface area contributed by atoms with Crippen LogP contribution in [0.2, 0.25) is 0 Å². The highest BCUT2D eigenvalue weighted by Crippen LogP contribution is 2.26. The molecule has 0 bridgehead atoms. The molecule has 9 nitrogen and oxygen atoms in total. The molecule has 2 amide bonds. The fourth-order valence-corrected chi connectivity index (χ4v) is 4.29. The summed E-state index contributed by atoms with van der Waals surface area (Å²) in [4.78, 5) is 24.0. The van der Waals surface area contributed by atoms with Gasteiger partial charge in [0.1, 0.15) is 11.5 Å². The molecule has 10 heteroatoms. The van der Waals surface area contributed by atoms with Crippen molar-refractivity contribution in [3.63, 3.8) is 0 Å². The predicted molar refractivity (Wildman–Crippen MR) is 116 cm³/mol. The molecule has 0 unspecified atom stereocenters. The molecule has 2 aromatic carbocycles. The molecule has 0 aliphatic carbocycles. The third-order valence-corrected chi connectivity index (χ3v) is 6.25. The Labute approximate surface area is 181 Å². The Morgan fingerprint density at radius 1 is 1.06 bits per heavy atom. The Kier molecular flexibility index (Phi) is 7.13. The van der Waals surface area contributed by atoms with Crippen LogP contribution in [0.3, 0.4) is 0 Å². The molecule has 1 aliphatic rings. The quantitative estimate of drug-likeness (QED) is 0.571. The van der Waals surface area contributed by atoms with Crippen LogP contribution in [0.25, 0.3) is 0 Å². The summed E-state index contributed by atoms with van der Waals surface area (Å²) < 4.78 is 38.0. The van der Waals surface area contributed by atoms with Crippen LogP contribution in [0.15, 0.2) is 41.3 Å². The number of benzene rings is 2. The first-order valence-electron chi connectivity index (χ1n) is 9.76.